The van der Waals surface area contributed by atoms with Crippen LogP contribution in [0.5, 0.6) is 0 Å². The van der Waals surface area contributed by atoms with Crippen molar-refractivity contribution in [1.29, 1.82) is 0 Å². The molecule has 0 spiro atoms. The highest BCUT2D eigenvalue weighted by molar-refractivity contribution is 5.85. The zero-order chi connectivity index (χ0) is 8.85. The van der Waals surface area contributed by atoms with Gasteiger partial charge in [-0.05, 0) is 12.3 Å². The maximum absolute atomic E-state index is 10.9. The molecule has 12 heavy (non-hydrogen) atoms. The van der Waals surface area contributed by atoms with E-state index in [2.05, 4.69) is 0 Å². The fraction of sp³-hybridized carbons (Fsp3) is 0.875. The van der Waals surface area contributed by atoms with Gasteiger partial charge in [0.2, 0.25) is 0 Å². The van der Waals surface area contributed by atoms with Crippen LogP contribution in [0.1, 0.15) is 27.2 Å². The van der Waals surface area contributed by atoms with Crippen LogP contribution in [0.2, 0.25) is 0 Å². The Morgan fingerprint density at radius 1 is 1.50 bits per heavy atom. The molecule has 0 amide bonds. The van der Waals surface area contributed by atoms with Crippen molar-refractivity contribution in [3.8, 4) is 0 Å². The number of ether oxygens (including phenoxy) is 1. The van der Waals surface area contributed by atoms with Crippen LogP contribution in [-0.4, -0.2) is 18.6 Å². The number of nitrogens with two attached hydrogens (primary N) is 1. The third-order valence-corrected chi connectivity index (χ3v) is 1.30. The van der Waals surface area contributed by atoms with Crippen LogP contribution in [0.15, 0.2) is 0 Å². The van der Waals surface area contributed by atoms with Crippen LogP contribution in [0.25, 0.3) is 0 Å². The molecule has 0 aromatic carbocycles. The number of hydrogen-bond acceptors (Lipinski definition) is 3. The summed E-state index contributed by atoms with van der Waals surface area (Å²) >= 11 is 0. The highest BCUT2D eigenvalue weighted by atomic mass is 35.5. The lowest BCUT2D eigenvalue weighted by Gasteiger charge is -2.10. The second-order valence-corrected chi connectivity index (χ2v) is 3.04. The molecule has 4 heteroatoms. The summed E-state index contributed by atoms with van der Waals surface area (Å²) in [6.07, 6.45) is 0.636. The fourth-order valence-corrected chi connectivity index (χ4v) is 0.523. The van der Waals surface area contributed by atoms with Gasteiger partial charge in [0, 0.05) is 0 Å². The summed E-state index contributed by atoms with van der Waals surface area (Å²) in [5.74, 6) is 0.0872. The molecule has 0 saturated heterocycles. The molecule has 0 bridgehead atoms. The maximum atomic E-state index is 10.9. The highest BCUT2D eigenvalue weighted by Crippen LogP contribution is 1.96. The normalized spacial score (nSPS) is 12.1. The van der Waals surface area contributed by atoms with Crippen LogP contribution in [0, 0.1) is 5.92 Å². The highest BCUT2D eigenvalue weighted by Gasteiger charge is 2.12. The molecule has 2 N–H and O–H groups in total. The third kappa shape index (κ3) is 6.43. The van der Waals surface area contributed by atoms with Crippen molar-refractivity contribution < 1.29 is 9.53 Å². The summed E-state index contributed by atoms with van der Waals surface area (Å²) in [6.45, 7) is 6.31. The Morgan fingerprint density at radius 2 is 2.00 bits per heavy atom. The summed E-state index contributed by atoms with van der Waals surface area (Å²) < 4.78 is 4.89. The standard InChI is InChI=1S/C8H17NO2.ClH/c1-4-7(9)8(10)11-5-6(2)3;/h6-7H,4-5,9H2,1-3H3;1H. The van der Waals surface area contributed by atoms with E-state index in [0.29, 0.717) is 18.9 Å². The first kappa shape index (κ1) is 14.3. The molecule has 1 atom stereocenters. The third-order valence-electron chi connectivity index (χ3n) is 1.30. The Morgan fingerprint density at radius 3 is 2.33 bits per heavy atom. The molecule has 1 unspecified atom stereocenters. The first-order chi connectivity index (χ1) is 5.07. The Labute approximate surface area is 80.1 Å². The van der Waals surface area contributed by atoms with E-state index in [1.807, 2.05) is 20.8 Å². The predicted octanol–water partition coefficient (Wildman–Crippen LogP) is 1.34. The van der Waals surface area contributed by atoms with Gasteiger partial charge < -0.3 is 10.5 Å². The quantitative estimate of drug-likeness (QED) is 0.689. The Bertz CT molecular complexity index is 128. The van der Waals surface area contributed by atoms with E-state index in [-0.39, 0.29) is 18.4 Å². The number of carbonyl (C=O) groups is 1. The van der Waals surface area contributed by atoms with Gasteiger partial charge in [-0.2, -0.15) is 0 Å². The van der Waals surface area contributed by atoms with E-state index in [4.69, 9.17) is 10.5 Å². The molecule has 0 rings (SSSR count). The van der Waals surface area contributed by atoms with Gasteiger partial charge in [0.15, 0.2) is 0 Å². The Balaban J connectivity index is 0. The van der Waals surface area contributed by atoms with E-state index in [1.165, 1.54) is 0 Å². The van der Waals surface area contributed by atoms with Gasteiger partial charge in [-0.1, -0.05) is 20.8 Å². The molecule has 74 valence electrons. The molecular weight excluding hydrogens is 178 g/mol. The first-order valence-electron chi connectivity index (χ1n) is 4.00. The van der Waals surface area contributed by atoms with Crippen molar-refractivity contribution >= 4 is 18.4 Å². The summed E-state index contributed by atoms with van der Waals surface area (Å²) in [5.41, 5.74) is 5.43. The van der Waals surface area contributed by atoms with Gasteiger partial charge in [0.1, 0.15) is 6.04 Å². The van der Waals surface area contributed by atoms with Crippen LogP contribution in [-0.2, 0) is 9.53 Å². The lowest BCUT2D eigenvalue weighted by atomic mass is 10.2. The number of rotatable bonds is 4. The summed E-state index contributed by atoms with van der Waals surface area (Å²) in [4.78, 5) is 10.9. The smallest absolute Gasteiger partial charge is 0.322 e. The zero-order valence-corrected chi connectivity index (χ0v) is 8.69. The van der Waals surface area contributed by atoms with E-state index >= 15 is 0 Å². The summed E-state index contributed by atoms with van der Waals surface area (Å²) in [7, 11) is 0. The molecule has 0 aromatic rings. The number of carbonyl (C=O) groups excluding carboxylic acids is 1. The maximum Gasteiger partial charge on any atom is 0.322 e. The molecule has 0 aromatic heterocycles. The van der Waals surface area contributed by atoms with Gasteiger partial charge in [-0.15, -0.1) is 12.4 Å². The topological polar surface area (TPSA) is 52.3 Å². The first-order valence-corrected chi connectivity index (χ1v) is 4.00. The summed E-state index contributed by atoms with van der Waals surface area (Å²) in [6, 6.07) is -0.450. The largest absolute Gasteiger partial charge is 0.464 e. The minimum Gasteiger partial charge on any atom is -0.464 e. The second kappa shape index (κ2) is 7.37. The number of hydrogen-bond donors (Lipinski definition) is 1. The molecule has 3 nitrogen and oxygen atoms in total. The Kier molecular flexibility index (Phi) is 8.76. The van der Waals surface area contributed by atoms with Gasteiger partial charge in [-0.25, -0.2) is 0 Å². The lowest BCUT2D eigenvalue weighted by molar-refractivity contribution is -0.146. The van der Waals surface area contributed by atoms with Crippen molar-refractivity contribution in [2.75, 3.05) is 6.61 Å². The van der Waals surface area contributed by atoms with E-state index in [1.54, 1.807) is 0 Å². The van der Waals surface area contributed by atoms with Crippen LogP contribution < -0.4 is 5.73 Å². The lowest BCUT2D eigenvalue weighted by Crippen LogP contribution is -2.32. The van der Waals surface area contributed by atoms with E-state index in [0.717, 1.165) is 0 Å². The SMILES string of the molecule is CCC(N)C(=O)OCC(C)C.Cl. The van der Waals surface area contributed by atoms with Gasteiger partial charge >= 0.3 is 5.97 Å². The van der Waals surface area contributed by atoms with Gasteiger partial charge in [-0.3, -0.25) is 4.79 Å². The number of esters is 1. The molecule has 0 aliphatic heterocycles. The minimum absolute atomic E-state index is 0. The van der Waals surface area contributed by atoms with Crippen molar-refractivity contribution in [1.82, 2.24) is 0 Å². The predicted molar refractivity (Wildman–Crippen MR) is 51.3 cm³/mol. The van der Waals surface area contributed by atoms with Crippen molar-refractivity contribution in [3.63, 3.8) is 0 Å². The zero-order valence-electron chi connectivity index (χ0n) is 7.87. The molecule has 0 fully saturated rings. The van der Waals surface area contributed by atoms with Crippen LogP contribution in [0.3, 0.4) is 0 Å². The fourth-order valence-electron chi connectivity index (χ4n) is 0.523. The molecular formula is C8H18ClNO2. The van der Waals surface area contributed by atoms with Crippen molar-refractivity contribution in [2.45, 2.75) is 33.2 Å². The van der Waals surface area contributed by atoms with Crippen molar-refractivity contribution in [2.24, 2.45) is 11.7 Å². The van der Waals surface area contributed by atoms with Crippen molar-refractivity contribution in [3.05, 3.63) is 0 Å². The molecule has 0 aliphatic carbocycles. The molecule has 0 heterocycles. The summed E-state index contributed by atoms with van der Waals surface area (Å²) in [5, 5.41) is 0. The van der Waals surface area contributed by atoms with Crippen LogP contribution >= 0.6 is 12.4 Å². The monoisotopic (exact) mass is 195 g/mol. The Hall–Kier alpha value is -0.280. The minimum atomic E-state index is -0.450. The van der Waals surface area contributed by atoms with Crippen LogP contribution in [0.4, 0.5) is 0 Å². The van der Waals surface area contributed by atoms with E-state index in [9.17, 15) is 4.79 Å². The average Bonchev–Trinajstić information content (AvgIpc) is 1.98. The average molecular weight is 196 g/mol. The molecule has 0 aliphatic rings. The molecule has 0 radical (unpaired) electrons. The number of halogens is 1. The van der Waals surface area contributed by atoms with Gasteiger partial charge in [0.05, 0.1) is 6.61 Å². The second-order valence-electron chi connectivity index (χ2n) is 3.04. The molecule has 0 saturated carbocycles. The van der Waals surface area contributed by atoms with Gasteiger partial charge in [0.25, 0.3) is 0 Å². The van der Waals surface area contributed by atoms with E-state index < -0.39 is 6.04 Å².